The molecule has 0 radical (unpaired) electrons. The zero-order valence-corrected chi connectivity index (χ0v) is 30.3. The average molecular weight is 759 g/mol. The lowest BCUT2D eigenvalue weighted by Crippen LogP contribution is -2.67. The van der Waals surface area contributed by atoms with Crippen LogP contribution >= 0.6 is 0 Å². The Morgan fingerprint density at radius 2 is 0.920 bits per heavy atom. The van der Waals surface area contributed by atoms with Crippen LogP contribution in [0.15, 0.2) is 0 Å². The fraction of sp³-hybridized carbons (Fsp3) is 0.759. The molecule has 0 aliphatic carbocycles. The summed E-state index contributed by atoms with van der Waals surface area (Å²) in [5.74, 6) is -5.92. The van der Waals surface area contributed by atoms with E-state index in [2.05, 4.69) is 0 Å². The number of rotatable bonds is 15. The fourth-order valence-electron chi connectivity index (χ4n) is 5.15. The summed E-state index contributed by atoms with van der Waals surface area (Å²) in [6.07, 6.45) is -14.1. The summed E-state index contributed by atoms with van der Waals surface area (Å²) in [5.41, 5.74) is 0. The molecule has 2 rings (SSSR count). The molecule has 50 heavy (non-hydrogen) atoms. The Bertz CT molecular complexity index is 1370. The lowest BCUT2D eigenvalue weighted by molar-refractivity contribution is -0.345. The zero-order valence-electron chi connectivity index (χ0n) is 28.7. The maximum Gasteiger partial charge on any atom is 0.303 e. The van der Waals surface area contributed by atoms with Gasteiger partial charge in [0.1, 0.15) is 46.4 Å². The molecule has 1 unspecified atom stereocenters. The van der Waals surface area contributed by atoms with Gasteiger partial charge in [-0.1, -0.05) is 0 Å². The van der Waals surface area contributed by atoms with Crippen molar-refractivity contribution in [3.63, 3.8) is 0 Å². The molecule has 0 aromatic rings. The highest BCUT2D eigenvalue weighted by molar-refractivity contribution is 8.29. The Balaban J connectivity index is 2.72. The normalized spacial score (nSPS) is 30.4. The predicted molar refractivity (Wildman–Crippen MR) is 165 cm³/mol. The maximum atomic E-state index is 12.5. The monoisotopic (exact) mass is 758 g/mol. The van der Waals surface area contributed by atoms with Gasteiger partial charge in [-0.3, -0.25) is 37.7 Å². The summed E-state index contributed by atoms with van der Waals surface area (Å²) in [4.78, 5) is 85.1. The summed E-state index contributed by atoms with van der Waals surface area (Å²) in [6.45, 7) is 6.02. The molecule has 11 atom stereocenters. The van der Waals surface area contributed by atoms with Gasteiger partial charge in [-0.25, -0.2) is 4.21 Å². The summed E-state index contributed by atoms with van der Waals surface area (Å²) in [6, 6.07) is 0. The molecular weight excluding hydrogens is 716 g/mol. The molecule has 0 spiro atoms. The number of hydrogen-bond acceptors (Lipinski definition) is 20. The Morgan fingerprint density at radius 1 is 0.540 bits per heavy atom. The van der Waals surface area contributed by atoms with Gasteiger partial charge >= 0.3 is 41.8 Å². The zero-order chi connectivity index (χ0) is 37.9. The second-order valence-corrected chi connectivity index (χ2v) is 14.6. The standard InChI is InChI=1S/C29H42O19S2/c1-13(30)38-11-21-25(26(43-17(5)34)23(41-15(3)32)20(46-21)9-10-40-50(8,37)49)48-29-28(45-19(7)36)27(44-18(6)35)24(42-16(4)33)22(47-29)12-39-14(2)31/h20-29H,9-12H2,1-8H3/t20-,21+,22+,23-,24-,25+,26+,27-,28+,29-,50?/m0/s1. The minimum Gasteiger partial charge on any atom is -0.463 e. The molecule has 2 aliphatic rings. The van der Waals surface area contributed by atoms with Crippen molar-refractivity contribution in [2.75, 3.05) is 26.1 Å². The van der Waals surface area contributed by atoms with Crippen molar-refractivity contribution in [3.8, 4) is 0 Å². The fourth-order valence-corrected chi connectivity index (χ4v) is 5.75. The van der Waals surface area contributed by atoms with Gasteiger partial charge in [0.05, 0.1) is 6.61 Å². The van der Waals surface area contributed by atoms with Crippen LogP contribution in [0.5, 0.6) is 0 Å². The average Bonchev–Trinajstić information content (AvgIpc) is 2.95. The van der Waals surface area contributed by atoms with Crippen molar-refractivity contribution in [2.45, 2.75) is 116 Å². The van der Waals surface area contributed by atoms with E-state index in [1.807, 2.05) is 0 Å². The first kappa shape index (κ1) is 42.7. The van der Waals surface area contributed by atoms with Crippen LogP contribution in [0.3, 0.4) is 0 Å². The van der Waals surface area contributed by atoms with Gasteiger partial charge in [0.25, 0.3) is 0 Å². The van der Waals surface area contributed by atoms with Crippen LogP contribution in [0.25, 0.3) is 0 Å². The van der Waals surface area contributed by atoms with Crippen LogP contribution in [-0.2, 0) is 105 Å². The first-order valence-corrected chi connectivity index (χ1v) is 17.9. The van der Waals surface area contributed by atoms with Crippen LogP contribution in [0, 0.1) is 0 Å². The van der Waals surface area contributed by atoms with Gasteiger partial charge in [0.2, 0.25) is 0 Å². The molecule has 0 aromatic heterocycles. The van der Waals surface area contributed by atoms with Crippen LogP contribution < -0.4 is 0 Å². The number of carbonyl (C=O) groups is 7. The van der Waals surface area contributed by atoms with Crippen LogP contribution in [-0.4, -0.2) is 133 Å². The molecular formula is C29H42O19S2. The molecule has 2 fully saturated rings. The van der Waals surface area contributed by atoms with E-state index in [0.29, 0.717) is 0 Å². The number of hydrogen-bond donors (Lipinski definition) is 0. The maximum absolute atomic E-state index is 12.5. The predicted octanol–water partition coefficient (Wildman–Crippen LogP) is -0.654. The van der Waals surface area contributed by atoms with Gasteiger partial charge in [0.15, 0.2) is 36.8 Å². The van der Waals surface area contributed by atoms with Gasteiger partial charge in [0, 0.05) is 72.3 Å². The van der Waals surface area contributed by atoms with Crippen molar-refractivity contribution in [1.82, 2.24) is 0 Å². The highest BCUT2D eigenvalue weighted by atomic mass is 32.8. The Kier molecular flexibility index (Phi) is 16.4. The van der Waals surface area contributed by atoms with Gasteiger partial charge in [-0.05, 0) is 0 Å². The van der Waals surface area contributed by atoms with E-state index in [0.717, 1.165) is 48.5 Å². The third-order valence-corrected chi connectivity index (χ3v) is 7.61. The number of carbonyl (C=O) groups excluding carboxylic acids is 7. The van der Waals surface area contributed by atoms with Gasteiger partial charge in [-0.2, -0.15) is 0 Å². The molecule has 284 valence electrons. The Morgan fingerprint density at radius 3 is 1.34 bits per heavy atom. The molecule has 19 nitrogen and oxygen atoms in total. The topological polar surface area (TPSA) is 238 Å². The molecule has 0 bridgehead atoms. The minimum absolute atomic E-state index is 0.125. The molecule has 0 saturated carbocycles. The highest BCUT2D eigenvalue weighted by Crippen LogP contribution is 2.36. The second kappa shape index (κ2) is 19.2. The van der Waals surface area contributed by atoms with Crippen molar-refractivity contribution in [1.29, 1.82) is 0 Å². The molecule has 2 aliphatic heterocycles. The molecule has 0 amide bonds. The second-order valence-electron chi connectivity index (χ2n) is 11.1. The number of esters is 7. The van der Waals surface area contributed by atoms with Gasteiger partial charge in [-0.15, -0.1) is 0 Å². The molecule has 0 N–H and O–H groups in total. The molecule has 2 saturated heterocycles. The summed E-state index contributed by atoms with van der Waals surface area (Å²) >= 11 is 4.78. The first-order chi connectivity index (χ1) is 23.2. The molecule has 21 heteroatoms. The lowest BCUT2D eigenvalue weighted by atomic mass is 9.92. The van der Waals surface area contributed by atoms with E-state index in [4.69, 9.17) is 62.7 Å². The third kappa shape index (κ3) is 14.0. The summed E-state index contributed by atoms with van der Waals surface area (Å²) in [7, 11) is -3.09. The largest absolute Gasteiger partial charge is 0.463 e. The first-order valence-electron chi connectivity index (χ1n) is 15.1. The van der Waals surface area contributed by atoms with E-state index < -0.39 is 125 Å². The van der Waals surface area contributed by atoms with E-state index >= 15 is 0 Å². The van der Waals surface area contributed by atoms with Crippen molar-refractivity contribution >= 4 is 61.7 Å². The van der Waals surface area contributed by atoms with Crippen LogP contribution in [0.4, 0.5) is 0 Å². The quantitative estimate of drug-likeness (QED) is 0.149. The Labute approximate surface area is 292 Å². The number of ether oxygens (including phenoxy) is 10. The lowest BCUT2D eigenvalue weighted by Gasteiger charge is -2.49. The summed E-state index contributed by atoms with van der Waals surface area (Å²) < 4.78 is 73.3. The van der Waals surface area contributed by atoms with Crippen LogP contribution in [0.2, 0.25) is 0 Å². The van der Waals surface area contributed by atoms with Crippen molar-refractivity contribution < 1.29 is 89.3 Å². The van der Waals surface area contributed by atoms with Crippen molar-refractivity contribution in [3.05, 3.63) is 0 Å². The Hall–Kier alpha value is -3.50. The van der Waals surface area contributed by atoms with E-state index in [1.165, 1.54) is 6.26 Å². The highest BCUT2D eigenvalue weighted by Gasteiger charge is 2.57. The van der Waals surface area contributed by atoms with E-state index in [-0.39, 0.29) is 13.0 Å². The molecule has 0 aromatic carbocycles. The van der Waals surface area contributed by atoms with Crippen LogP contribution in [0.1, 0.15) is 54.9 Å². The van der Waals surface area contributed by atoms with E-state index in [1.54, 1.807) is 0 Å². The SMILES string of the molecule is CC(=O)OC[C@H]1O[C@@H](O[C@H]2[C@H](OC(C)=O)[C@@H](OC(C)=O)[C@H](CCOS(C)(=O)=S)O[C@@H]2COC(C)=O)[C@H](OC(C)=O)[C@@H](OC(C)=O)[C@H]1OC(C)=O. The third-order valence-electron chi connectivity index (χ3n) is 6.72. The van der Waals surface area contributed by atoms with Gasteiger partial charge < -0.3 is 47.4 Å². The molecule has 2 heterocycles. The summed E-state index contributed by atoms with van der Waals surface area (Å²) in [5, 5.41) is 0. The minimum atomic E-state index is -3.09. The smallest absolute Gasteiger partial charge is 0.303 e. The van der Waals surface area contributed by atoms with E-state index in [9.17, 15) is 37.8 Å². The van der Waals surface area contributed by atoms with Crippen molar-refractivity contribution in [2.24, 2.45) is 0 Å².